The van der Waals surface area contributed by atoms with Gasteiger partial charge in [-0.3, -0.25) is 4.79 Å². The molecule has 3 N–H and O–H groups in total. The lowest BCUT2D eigenvalue weighted by molar-refractivity contribution is 0.0918. The molecule has 0 bridgehead atoms. The number of aryl methyl sites for hydroxylation is 1. The number of hydrogen-bond donors (Lipinski definition) is 3. The van der Waals surface area contributed by atoms with Crippen LogP contribution < -0.4 is 19.5 Å². The molecule has 5 rings (SSSR count). The summed E-state index contributed by atoms with van der Waals surface area (Å²) in [6.07, 6.45) is 2.41. The Labute approximate surface area is 226 Å². The summed E-state index contributed by atoms with van der Waals surface area (Å²) in [4.78, 5) is 21.8. The van der Waals surface area contributed by atoms with Gasteiger partial charge in [0.1, 0.15) is 0 Å². The fraction of sp³-hybridized carbons (Fsp3) is 0.226. The van der Waals surface area contributed by atoms with Crippen molar-refractivity contribution in [1.82, 2.24) is 15.3 Å². The molecule has 8 nitrogen and oxygen atoms in total. The third-order valence-corrected chi connectivity index (χ3v) is 6.87. The van der Waals surface area contributed by atoms with E-state index in [0.29, 0.717) is 51.4 Å². The van der Waals surface area contributed by atoms with Gasteiger partial charge in [-0.25, -0.2) is 4.98 Å². The van der Waals surface area contributed by atoms with Gasteiger partial charge in [0.2, 0.25) is 5.75 Å². The minimum atomic E-state index is -0.478. The minimum Gasteiger partial charge on any atom is -0.493 e. The maximum atomic E-state index is 13.7. The number of methoxy groups -OCH3 is 3. The number of rotatable bonds is 9. The Morgan fingerprint density at radius 3 is 2.41 bits per heavy atom. The number of hydrogen-bond acceptors (Lipinski definition) is 6. The highest BCUT2D eigenvalue weighted by atomic mass is 16.5. The third-order valence-electron chi connectivity index (χ3n) is 6.87. The molecule has 39 heavy (non-hydrogen) atoms. The predicted molar refractivity (Wildman–Crippen MR) is 152 cm³/mol. The van der Waals surface area contributed by atoms with E-state index in [1.807, 2.05) is 49.5 Å². The molecule has 3 aromatic carbocycles. The number of fused-ring (bicyclic) bond motifs is 2. The summed E-state index contributed by atoms with van der Waals surface area (Å²) in [5.41, 5.74) is 5.61. The van der Waals surface area contributed by atoms with Gasteiger partial charge in [-0.1, -0.05) is 29.8 Å². The molecule has 1 amide bonds. The summed E-state index contributed by atoms with van der Waals surface area (Å²) < 4.78 is 16.5. The molecule has 0 aliphatic heterocycles. The van der Waals surface area contributed by atoms with Crippen LogP contribution in [0.3, 0.4) is 0 Å². The Morgan fingerprint density at radius 2 is 1.72 bits per heavy atom. The van der Waals surface area contributed by atoms with Gasteiger partial charge in [0, 0.05) is 28.0 Å². The highest BCUT2D eigenvalue weighted by molar-refractivity contribution is 6.07. The third kappa shape index (κ3) is 5.11. The van der Waals surface area contributed by atoms with Gasteiger partial charge in [0.25, 0.3) is 5.91 Å². The summed E-state index contributed by atoms with van der Waals surface area (Å²) in [7, 11) is 4.65. The lowest BCUT2D eigenvalue weighted by Gasteiger charge is -2.18. The average Bonchev–Trinajstić information content (AvgIpc) is 3.36. The van der Waals surface area contributed by atoms with Crippen LogP contribution in [0.15, 0.2) is 66.9 Å². The fourth-order valence-electron chi connectivity index (χ4n) is 4.89. The van der Waals surface area contributed by atoms with Crippen molar-refractivity contribution in [2.75, 3.05) is 27.9 Å². The van der Waals surface area contributed by atoms with Crippen LogP contribution in [0.1, 0.15) is 21.5 Å². The number of aliphatic hydroxyl groups excluding tert-OH is 1. The lowest BCUT2D eigenvalue weighted by Crippen LogP contribution is -2.39. The minimum absolute atomic E-state index is 0.201. The summed E-state index contributed by atoms with van der Waals surface area (Å²) in [5, 5.41) is 15.0. The smallest absolute Gasteiger partial charge is 0.252 e. The Morgan fingerprint density at radius 1 is 0.974 bits per heavy atom. The zero-order valence-electron chi connectivity index (χ0n) is 22.4. The number of ether oxygens (including phenoxy) is 3. The number of aromatic nitrogens is 2. The molecule has 2 aromatic heterocycles. The van der Waals surface area contributed by atoms with Crippen LogP contribution in [0.25, 0.3) is 33.1 Å². The zero-order chi connectivity index (χ0) is 27.5. The second-order valence-corrected chi connectivity index (χ2v) is 9.41. The number of aliphatic hydroxyl groups is 1. The van der Waals surface area contributed by atoms with Crippen LogP contribution >= 0.6 is 0 Å². The SMILES string of the molecule is COc1cc(-c2cc(C(=O)NC(CO)Cc3c[nH]c4ccc(C)cc34)c3ccccc3n2)cc(OC)c1OC. The first-order valence-corrected chi connectivity index (χ1v) is 12.6. The molecule has 0 aliphatic rings. The highest BCUT2D eigenvalue weighted by Gasteiger charge is 2.21. The number of carbonyl (C=O) groups excluding carboxylic acids is 1. The Kier molecular flexibility index (Phi) is 7.38. The Hall–Kier alpha value is -4.56. The number of para-hydroxylation sites is 1. The van der Waals surface area contributed by atoms with Crippen LogP contribution in [0.4, 0.5) is 0 Å². The largest absolute Gasteiger partial charge is 0.493 e. The molecule has 8 heteroatoms. The number of nitrogens with one attached hydrogen (secondary N) is 2. The predicted octanol–water partition coefficient (Wildman–Crippen LogP) is 5.05. The molecule has 0 aliphatic carbocycles. The number of H-pyrrole nitrogens is 1. The molecule has 0 saturated heterocycles. The van der Waals surface area contributed by atoms with Crippen LogP contribution in [-0.2, 0) is 6.42 Å². The quantitative estimate of drug-likeness (QED) is 0.249. The van der Waals surface area contributed by atoms with E-state index in [-0.39, 0.29) is 12.5 Å². The zero-order valence-corrected chi connectivity index (χ0v) is 22.4. The summed E-state index contributed by atoms with van der Waals surface area (Å²) in [6.45, 7) is 1.84. The van der Waals surface area contributed by atoms with Gasteiger partial charge in [0.15, 0.2) is 11.5 Å². The molecule has 1 unspecified atom stereocenters. The van der Waals surface area contributed by atoms with Crippen molar-refractivity contribution in [2.45, 2.75) is 19.4 Å². The van der Waals surface area contributed by atoms with Crippen molar-refractivity contribution in [3.8, 4) is 28.5 Å². The number of amides is 1. The van der Waals surface area contributed by atoms with Crippen LogP contribution in [0, 0.1) is 6.92 Å². The number of aromatic amines is 1. The second-order valence-electron chi connectivity index (χ2n) is 9.41. The molecule has 0 fully saturated rings. The highest BCUT2D eigenvalue weighted by Crippen LogP contribution is 2.41. The van der Waals surface area contributed by atoms with Gasteiger partial charge in [-0.05, 0) is 55.3 Å². The van der Waals surface area contributed by atoms with E-state index in [0.717, 1.165) is 22.0 Å². The summed E-state index contributed by atoms with van der Waals surface area (Å²) >= 11 is 0. The molecule has 0 saturated carbocycles. The molecular weight excluding hydrogens is 494 g/mol. The van der Waals surface area contributed by atoms with Crippen molar-refractivity contribution < 1.29 is 24.1 Å². The number of carbonyl (C=O) groups is 1. The molecular formula is C31H31N3O5. The van der Waals surface area contributed by atoms with Gasteiger partial charge in [-0.15, -0.1) is 0 Å². The van der Waals surface area contributed by atoms with Gasteiger partial charge < -0.3 is 29.6 Å². The standard InChI is InChI=1S/C31H31N3O5/c1-18-9-10-25-23(11-18)20(16-32-25)12-21(17-35)33-31(36)24-15-27(34-26-8-6-5-7-22(24)26)19-13-28(37-2)30(39-4)29(14-19)38-3/h5-11,13-16,21,32,35H,12,17H2,1-4H3,(H,33,36). The van der Waals surface area contributed by atoms with Crippen molar-refractivity contribution in [1.29, 1.82) is 0 Å². The Balaban J connectivity index is 1.51. The number of pyridine rings is 1. The Bertz CT molecular complexity index is 1630. The first-order chi connectivity index (χ1) is 18.9. The van der Waals surface area contributed by atoms with Gasteiger partial charge in [0.05, 0.1) is 50.8 Å². The van der Waals surface area contributed by atoms with Crippen LogP contribution in [-0.4, -0.2) is 55.0 Å². The molecule has 1 atom stereocenters. The van der Waals surface area contributed by atoms with E-state index in [1.165, 1.54) is 0 Å². The second kappa shape index (κ2) is 11.0. The van der Waals surface area contributed by atoms with Crippen molar-refractivity contribution in [2.24, 2.45) is 0 Å². The van der Waals surface area contributed by atoms with Crippen molar-refractivity contribution in [3.05, 3.63) is 83.6 Å². The maximum Gasteiger partial charge on any atom is 0.252 e. The average molecular weight is 526 g/mol. The number of benzene rings is 3. The van der Waals surface area contributed by atoms with Gasteiger partial charge in [-0.2, -0.15) is 0 Å². The molecule has 2 heterocycles. The molecule has 0 spiro atoms. The van der Waals surface area contributed by atoms with Gasteiger partial charge >= 0.3 is 0 Å². The van der Waals surface area contributed by atoms with E-state index in [9.17, 15) is 9.90 Å². The summed E-state index contributed by atoms with van der Waals surface area (Å²) in [5.74, 6) is 1.15. The molecule has 5 aromatic rings. The number of nitrogens with zero attached hydrogens (tertiary/aromatic N) is 1. The van der Waals surface area contributed by atoms with Crippen molar-refractivity contribution >= 4 is 27.7 Å². The van der Waals surface area contributed by atoms with Crippen LogP contribution in [0.2, 0.25) is 0 Å². The van der Waals surface area contributed by atoms with E-state index in [4.69, 9.17) is 19.2 Å². The normalized spacial score (nSPS) is 11.9. The topological polar surface area (TPSA) is 106 Å². The van der Waals surface area contributed by atoms with E-state index in [1.54, 1.807) is 39.5 Å². The fourth-order valence-corrected chi connectivity index (χ4v) is 4.89. The first kappa shape index (κ1) is 26.1. The lowest BCUT2D eigenvalue weighted by atomic mass is 10.0. The van der Waals surface area contributed by atoms with Crippen molar-refractivity contribution in [3.63, 3.8) is 0 Å². The van der Waals surface area contributed by atoms with Crippen LogP contribution in [0.5, 0.6) is 17.2 Å². The maximum absolute atomic E-state index is 13.7. The van der Waals surface area contributed by atoms with E-state index < -0.39 is 6.04 Å². The first-order valence-electron chi connectivity index (χ1n) is 12.6. The van der Waals surface area contributed by atoms with E-state index in [2.05, 4.69) is 16.4 Å². The molecule has 0 radical (unpaired) electrons. The monoisotopic (exact) mass is 525 g/mol. The van der Waals surface area contributed by atoms with E-state index >= 15 is 0 Å². The summed E-state index contributed by atoms with van der Waals surface area (Å²) in [6, 6.07) is 18.6. The molecule has 200 valence electrons.